The molecule has 0 radical (unpaired) electrons. The number of hydrogen-bond acceptors (Lipinski definition) is 7. The van der Waals surface area contributed by atoms with Crippen LogP contribution in [0.2, 0.25) is 0 Å². The summed E-state index contributed by atoms with van der Waals surface area (Å²) in [6.45, 7) is 5.80. The maximum Gasteiger partial charge on any atom is 0.320 e. The Bertz CT molecular complexity index is 894. The first-order chi connectivity index (χ1) is 14.6. The van der Waals surface area contributed by atoms with Gasteiger partial charge in [0.15, 0.2) is 0 Å². The summed E-state index contributed by atoms with van der Waals surface area (Å²) in [5, 5.41) is 0. The SMILES string of the molecule is CCOc1nc(N)c2c(n1)N(Cc1ccc(CN3CCC(OC)CC3)cc1)C(=O)C2. The van der Waals surface area contributed by atoms with Crippen LogP contribution in [0.15, 0.2) is 24.3 Å². The minimum atomic E-state index is -0.0234. The Morgan fingerprint density at radius 3 is 2.40 bits per heavy atom. The third kappa shape index (κ3) is 4.39. The second-order valence-corrected chi connectivity index (χ2v) is 7.81. The van der Waals surface area contributed by atoms with E-state index in [1.807, 2.05) is 6.92 Å². The van der Waals surface area contributed by atoms with E-state index in [9.17, 15) is 4.79 Å². The predicted octanol–water partition coefficient (Wildman–Crippen LogP) is 2.16. The highest BCUT2D eigenvalue weighted by Crippen LogP contribution is 2.33. The highest BCUT2D eigenvalue weighted by atomic mass is 16.5. The summed E-state index contributed by atoms with van der Waals surface area (Å²) in [6, 6.07) is 8.65. The molecule has 4 rings (SSSR count). The smallest absolute Gasteiger partial charge is 0.320 e. The molecule has 1 aromatic carbocycles. The third-order valence-electron chi connectivity index (χ3n) is 5.79. The molecular weight excluding hydrogens is 382 g/mol. The fourth-order valence-corrected chi connectivity index (χ4v) is 4.08. The van der Waals surface area contributed by atoms with Crippen molar-refractivity contribution >= 4 is 17.5 Å². The molecule has 3 heterocycles. The van der Waals surface area contributed by atoms with E-state index in [0.29, 0.717) is 36.5 Å². The maximum absolute atomic E-state index is 12.6. The van der Waals surface area contributed by atoms with Gasteiger partial charge < -0.3 is 15.2 Å². The number of fused-ring (bicyclic) bond motifs is 1. The van der Waals surface area contributed by atoms with Crippen molar-refractivity contribution < 1.29 is 14.3 Å². The number of amides is 1. The number of methoxy groups -OCH3 is 1. The molecule has 2 aliphatic rings. The van der Waals surface area contributed by atoms with Crippen molar-refractivity contribution in [1.82, 2.24) is 14.9 Å². The summed E-state index contributed by atoms with van der Waals surface area (Å²) in [7, 11) is 1.79. The van der Waals surface area contributed by atoms with Crippen molar-refractivity contribution in [1.29, 1.82) is 0 Å². The third-order valence-corrected chi connectivity index (χ3v) is 5.79. The van der Waals surface area contributed by atoms with Gasteiger partial charge in [-0.25, -0.2) is 0 Å². The molecular formula is C22H29N5O3. The zero-order chi connectivity index (χ0) is 21.1. The van der Waals surface area contributed by atoms with Crippen LogP contribution >= 0.6 is 0 Å². The number of likely N-dealkylation sites (tertiary alicyclic amines) is 1. The molecule has 0 aliphatic carbocycles. The summed E-state index contributed by atoms with van der Waals surface area (Å²) in [5.74, 6) is 0.845. The van der Waals surface area contributed by atoms with Gasteiger partial charge in [-0.15, -0.1) is 0 Å². The first kappa shape index (κ1) is 20.6. The molecule has 30 heavy (non-hydrogen) atoms. The normalized spacial score (nSPS) is 17.4. The summed E-state index contributed by atoms with van der Waals surface area (Å²) in [5.41, 5.74) is 9.03. The zero-order valence-electron chi connectivity index (χ0n) is 17.6. The van der Waals surface area contributed by atoms with Crippen LogP contribution in [-0.4, -0.2) is 53.7 Å². The topological polar surface area (TPSA) is 93.8 Å². The van der Waals surface area contributed by atoms with Crippen LogP contribution in [-0.2, 0) is 29.0 Å². The minimum absolute atomic E-state index is 0.0234. The largest absolute Gasteiger partial charge is 0.464 e. The molecule has 1 amide bonds. The first-order valence-corrected chi connectivity index (χ1v) is 10.5. The van der Waals surface area contributed by atoms with Crippen molar-refractivity contribution in [3.05, 3.63) is 41.0 Å². The van der Waals surface area contributed by atoms with Crippen molar-refractivity contribution in [2.75, 3.05) is 37.4 Å². The number of nitrogen functional groups attached to an aromatic ring is 1. The maximum atomic E-state index is 12.6. The highest BCUT2D eigenvalue weighted by Gasteiger charge is 2.32. The number of carbonyl (C=O) groups excluding carboxylic acids is 1. The number of piperidine rings is 1. The molecule has 0 bridgehead atoms. The predicted molar refractivity (Wildman–Crippen MR) is 114 cm³/mol. The minimum Gasteiger partial charge on any atom is -0.464 e. The van der Waals surface area contributed by atoms with E-state index in [1.165, 1.54) is 5.56 Å². The Kier molecular flexibility index (Phi) is 6.15. The van der Waals surface area contributed by atoms with Crippen LogP contribution in [0.25, 0.3) is 0 Å². The van der Waals surface area contributed by atoms with E-state index in [1.54, 1.807) is 12.0 Å². The lowest BCUT2D eigenvalue weighted by atomic mass is 10.1. The molecule has 0 unspecified atom stereocenters. The summed E-state index contributed by atoms with van der Waals surface area (Å²) in [6.07, 6.45) is 2.79. The van der Waals surface area contributed by atoms with E-state index in [2.05, 4.69) is 39.1 Å². The molecule has 160 valence electrons. The van der Waals surface area contributed by atoms with Crippen LogP contribution in [0.5, 0.6) is 6.01 Å². The van der Waals surface area contributed by atoms with Gasteiger partial charge in [-0.3, -0.25) is 14.6 Å². The van der Waals surface area contributed by atoms with Crippen LogP contribution in [0.3, 0.4) is 0 Å². The molecule has 2 N–H and O–H groups in total. The van der Waals surface area contributed by atoms with Gasteiger partial charge in [-0.2, -0.15) is 9.97 Å². The first-order valence-electron chi connectivity index (χ1n) is 10.5. The lowest BCUT2D eigenvalue weighted by Crippen LogP contribution is -2.36. The van der Waals surface area contributed by atoms with Crippen molar-refractivity contribution in [3.8, 4) is 6.01 Å². The van der Waals surface area contributed by atoms with E-state index < -0.39 is 0 Å². The Labute approximate surface area is 177 Å². The van der Waals surface area contributed by atoms with Gasteiger partial charge in [-0.05, 0) is 30.9 Å². The number of nitrogens with two attached hydrogens (primary N) is 1. The quantitative estimate of drug-likeness (QED) is 0.746. The van der Waals surface area contributed by atoms with Crippen LogP contribution < -0.4 is 15.4 Å². The average Bonchev–Trinajstić information content (AvgIpc) is 3.06. The molecule has 1 aromatic heterocycles. The Balaban J connectivity index is 1.42. The van der Waals surface area contributed by atoms with Crippen molar-refractivity contribution in [2.24, 2.45) is 0 Å². The van der Waals surface area contributed by atoms with Crippen molar-refractivity contribution in [3.63, 3.8) is 0 Å². The van der Waals surface area contributed by atoms with Crippen LogP contribution in [0.4, 0.5) is 11.6 Å². The Hall–Kier alpha value is -2.71. The molecule has 0 saturated carbocycles. The fraction of sp³-hybridized carbons (Fsp3) is 0.500. The number of benzene rings is 1. The number of rotatable bonds is 7. The van der Waals surface area contributed by atoms with Gasteiger partial charge in [0, 0.05) is 32.3 Å². The fourth-order valence-electron chi connectivity index (χ4n) is 4.08. The van der Waals surface area contributed by atoms with Gasteiger partial charge in [-0.1, -0.05) is 24.3 Å². The number of ether oxygens (including phenoxy) is 2. The second-order valence-electron chi connectivity index (χ2n) is 7.81. The summed E-state index contributed by atoms with van der Waals surface area (Å²) >= 11 is 0. The van der Waals surface area contributed by atoms with E-state index in [-0.39, 0.29) is 18.3 Å². The molecule has 0 spiro atoms. The van der Waals surface area contributed by atoms with Gasteiger partial charge in [0.2, 0.25) is 5.91 Å². The number of aromatic nitrogens is 2. The average molecular weight is 412 g/mol. The molecule has 1 saturated heterocycles. The van der Waals surface area contributed by atoms with Crippen LogP contribution in [0.1, 0.15) is 36.5 Å². The van der Waals surface area contributed by atoms with E-state index >= 15 is 0 Å². The van der Waals surface area contributed by atoms with Gasteiger partial charge in [0.1, 0.15) is 11.6 Å². The number of carbonyl (C=O) groups is 1. The van der Waals surface area contributed by atoms with Gasteiger partial charge >= 0.3 is 6.01 Å². The lowest BCUT2D eigenvalue weighted by molar-refractivity contribution is -0.117. The van der Waals surface area contributed by atoms with Crippen LogP contribution in [0, 0.1) is 0 Å². The molecule has 0 atom stereocenters. The highest BCUT2D eigenvalue weighted by molar-refractivity contribution is 6.01. The monoisotopic (exact) mass is 411 g/mol. The van der Waals surface area contributed by atoms with E-state index in [0.717, 1.165) is 38.0 Å². The molecule has 8 heteroatoms. The summed E-state index contributed by atoms with van der Waals surface area (Å²) < 4.78 is 10.8. The van der Waals surface area contributed by atoms with Gasteiger partial charge in [0.05, 0.1) is 25.7 Å². The molecule has 2 aliphatic heterocycles. The van der Waals surface area contributed by atoms with E-state index in [4.69, 9.17) is 15.2 Å². The number of anilines is 2. The summed E-state index contributed by atoms with van der Waals surface area (Å²) in [4.78, 5) is 25.3. The Morgan fingerprint density at radius 1 is 1.10 bits per heavy atom. The zero-order valence-corrected chi connectivity index (χ0v) is 17.6. The second kappa shape index (κ2) is 8.97. The molecule has 1 fully saturated rings. The number of hydrogen-bond donors (Lipinski definition) is 1. The molecule has 8 nitrogen and oxygen atoms in total. The molecule has 2 aromatic rings. The van der Waals surface area contributed by atoms with Gasteiger partial charge in [0.25, 0.3) is 0 Å². The lowest BCUT2D eigenvalue weighted by Gasteiger charge is -2.31. The van der Waals surface area contributed by atoms with Crippen molar-refractivity contribution in [2.45, 2.75) is 45.4 Å². The standard InChI is InChI=1S/C22H29N5O3/c1-3-30-22-24-20(23)18-12-19(28)27(21(18)25-22)14-16-6-4-15(5-7-16)13-26-10-8-17(29-2)9-11-26/h4-7,17H,3,8-14H2,1-2H3,(H2,23,24,25). The number of nitrogens with zero attached hydrogens (tertiary/aromatic N) is 4. The Morgan fingerprint density at radius 2 is 1.77 bits per heavy atom.